The average molecular weight is 212 g/mol. The summed E-state index contributed by atoms with van der Waals surface area (Å²) in [5, 5.41) is 9.96. The summed E-state index contributed by atoms with van der Waals surface area (Å²) < 4.78 is 0. The third kappa shape index (κ3) is 6.19. The summed E-state index contributed by atoms with van der Waals surface area (Å²) in [5.74, 6) is 0.814. The van der Waals surface area contributed by atoms with Gasteiger partial charge in [0.05, 0.1) is 6.10 Å². The molecule has 0 bridgehead atoms. The molecule has 1 heteroatoms. The van der Waals surface area contributed by atoms with E-state index in [1.54, 1.807) is 0 Å². The zero-order chi connectivity index (χ0) is 11.3. The lowest BCUT2D eigenvalue weighted by Crippen LogP contribution is -2.18. The van der Waals surface area contributed by atoms with Gasteiger partial charge in [0.25, 0.3) is 0 Å². The Kier molecular flexibility index (Phi) is 5.11. The van der Waals surface area contributed by atoms with Crippen LogP contribution in [0, 0.1) is 11.3 Å². The molecule has 0 radical (unpaired) electrons. The van der Waals surface area contributed by atoms with Crippen molar-refractivity contribution in [3.8, 4) is 0 Å². The predicted molar refractivity (Wildman–Crippen MR) is 65.9 cm³/mol. The summed E-state index contributed by atoms with van der Waals surface area (Å²) >= 11 is 0. The van der Waals surface area contributed by atoms with Gasteiger partial charge in [-0.15, -0.1) is 0 Å². The van der Waals surface area contributed by atoms with Crippen LogP contribution in [0.15, 0.2) is 0 Å². The molecule has 1 atom stereocenters. The first kappa shape index (κ1) is 13.0. The summed E-state index contributed by atoms with van der Waals surface area (Å²) in [4.78, 5) is 0. The van der Waals surface area contributed by atoms with Crippen molar-refractivity contribution in [2.45, 2.75) is 78.2 Å². The third-order valence-electron chi connectivity index (χ3n) is 3.56. The largest absolute Gasteiger partial charge is 0.393 e. The van der Waals surface area contributed by atoms with Crippen molar-refractivity contribution in [2.24, 2.45) is 11.3 Å². The number of aliphatic hydroxyl groups is 1. The smallest absolute Gasteiger partial charge is 0.0543 e. The van der Waals surface area contributed by atoms with Crippen LogP contribution in [-0.4, -0.2) is 11.2 Å². The van der Waals surface area contributed by atoms with E-state index in [4.69, 9.17) is 0 Å². The fourth-order valence-electron chi connectivity index (χ4n) is 2.53. The SMILES string of the molecule is CC(C)(C)CCC(O)CC1CCCCC1. The summed E-state index contributed by atoms with van der Waals surface area (Å²) in [7, 11) is 0. The molecule has 0 spiro atoms. The van der Waals surface area contributed by atoms with Crippen molar-refractivity contribution >= 4 is 0 Å². The third-order valence-corrected chi connectivity index (χ3v) is 3.56. The van der Waals surface area contributed by atoms with Gasteiger partial charge >= 0.3 is 0 Å². The fourth-order valence-corrected chi connectivity index (χ4v) is 2.53. The van der Waals surface area contributed by atoms with Crippen molar-refractivity contribution in [1.29, 1.82) is 0 Å². The lowest BCUT2D eigenvalue weighted by atomic mass is 9.83. The van der Waals surface area contributed by atoms with E-state index in [1.165, 1.54) is 32.1 Å². The second-order valence-corrected chi connectivity index (χ2v) is 6.49. The van der Waals surface area contributed by atoms with Gasteiger partial charge in [-0.3, -0.25) is 0 Å². The van der Waals surface area contributed by atoms with Crippen LogP contribution in [0.25, 0.3) is 0 Å². The highest BCUT2D eigenvalue weighted by molar-refractivity contribution is 4.72. The zero-order valence-corrected chi connectivity index (χ0v) is 10.8. The molecule has 0 amide bonds. The maximum Gasteiger partial charge on any atom is 0.0543 e. The molecule has 1 fully saturated rings. The van der Waals surface area contributed by atoms with Crippen LogP contribution >= 0.6 is 0 Å². The molecule has 0 aliphatic heterocycles. The first-order valence-electron chi connectivity index (χ1n) is 6.65. The van der Waals surface area contributed by atoms with Gasteiger partial charge in [-0.25, -0.2) is 0 Å². The second kappa shape index (κ2) is 5.89. The van der Waals surface area contributed by atoms with E-state index in [1.807, 2.05) is 0 Å². The fraction of sp³-hybridized carbons (Fsp3) is 1.00. The Labute approximate surface area is 95.3 Å². The Balaban J connectivity index is 2.14. The van der Waals surface area contributed by atoms with Gasteiger partial charge in [0.1, 0.15) is 0 Å². The van der Waals surface area contributed by atoms with Gasteiger partial charge in [0.2, 0.25) is 0 Å². The molecule has 0 aromatic rings. The van der Waals surface area contributed by atoms with Crippen molar-refractivity contribution in [3.63, 3.8) is 0 Å². The van der Waals surface area contributed by atoms with Crippen molar-refractivity contribution in [2.75, 3.05) is 0 Å². The normalized spacial score (nSPS) is 21.6. The van der Waals surface area contributed by atoms with Crippen molar-refractivity contribution < 1.29 is 5.11 Å². The Morgan fingerprint density at radius 1 is 1.13 bits per heavy atom. The van der Waals surface area contributed by atoms with Crippen LogP contribution in [-0.2, 0) is 0 Å². The molecule has 1 saturated carbocycles. The minimum absolute atomic E-state index is 0.0488. The maximum absolute atomic E-state index is 9.96. The second-order valence-electron chi connectivity index (χ2n) is 6.49. The molecule has 0 aromatic carbocycles. The minimum atomic E-state index is -0.0488. The summed E-state index contributed by atoms with van der Waals surface area (Å²) in [6, 6.07) is 0. The van der Waals surface area contributed by atoms with E-state index in [2.05, 4.69) is 20.8 Å². The van der Waals surface area contributed by atoms with Gasteiger partial charge in [0.15, 0.2) is 0 Å². The Morgan fingerprint density at radius 3 is 2.27 bits per heavy atom. The highest BCUT2D eigenvalue weighted by Gasteiger charge is 2.19. The van der Waals surface area contributed by atoms with Gasteiger partial charge in [-0.2, -0.15) is 0 Å². The molecule has 1 unspecified atom stereocenters. The number of aliphatic hydroxyl groups excluding tert-OH is 1. The predicted octanol–water partition coefficient (Wildman–Crippen LogP) is 4.14. The van der Waals surface area contributed by atoms with Crippen LogP contribution in [0.3, 0.4) is 0 Å². The van der Waals surface area contributed by atoms with Crippen molar-refractivity contribution in [3.05, 3.63) is 0 Å². The molecule has 1 nitrogen and oxygen atoms in total. The van der Waals surface area contributed by atoms with Gasteiger partial charge in [-0.1, -0.05) is 52.9 Å². The van der Waals surface area contributed by atoms with Gasteiger partial charge in [0, 0.05) is 0 Å². The molecule has 1 aliphatic rings. The molecule has 1 aliphatic carbocycles. The van der Waals surface area contributed by atoms with E-state index < -0.39 is 0 Å². The first-order valence-corrected chi connectivity index (χ1v) is 6.65. The quantitative estimate of drug-likeness (QED) is 0.742. The molecular formula is C14H28O. The Hall–Kier alpha value is -0.0400. The number of hydrogen-bond donors (Lipinski definition) is 1. The Morgan fingerprint density at radius 2 is 1.73 bits per heavy atom. The van der Waals surface area contributed by atoms with Crippen LogP contribution in [0.1, 0.15) is 72.1 Å². The molecule has 1 rings (SSSR count). The van der Waals surface area contributed by atoms with Crippen LogP contribution in [0.4, 0.5) is 0 Å². The monoisotopic (exact) mass is 212 g/mol. The minimum Gasteiger partial charge on any atom is -0.393 e. The Bertz CT molecular complexity index is 163. The average Bonchev–Trinajstić information content (AvgIpc) is 2.15. The van der Waals surface area contributed by atoms with Gasteiger partial charge < -0.3 is 5.11 Å². The van der Waals surface area contributed by atoms with E-state index in [9.17, 15) is 5.11 Å². The van der Waals surface area contributed by atoms with E-state index in [-0.39, 0.29) is 6.10 Å². The molecule has 0 aromatic heterocycles. The topological polar surface area (TPSA) is 20.2 Å². The molecule has 15 heavy (non-hydrogen) atoms. The van der Waals surface area contributed by atoms with Crippen molar-refractivity contribution in [1.82, 2.24) is 0 Å². The van der Waals surface area contributed by atoms with Crippen LogP contribution < -0.4 is 0 Å². The molecule has 90 valence electrons. The highest BCUT2D eigenvalue weighted by atomic mass is 16.3. The number of hydrogen-bond acceptors (Lipinski definition) is 1. The summed E-state index contributed by atoms with van der Waals surface area (Å²) in [6.07, 6.45) is 10.0. The lowest BCUT2D eigenvalue weighted by molar-refractivity contribution is 0.108. The molecule has 1 N–H and O–H groups in total. The molecule has 0 heterocycles. The number of rotatable bonds is 4. The maximum atomic E-state index is 9.96. The van der Waals surface area contributed by atoms with Crippen LogP contribution in [0.5, 0.6) is 0 Å². The van der Waals surface area contributed by atoms with E-state index in [0.29, 0.717) is 5.41 Å². The molecule has 0 saturated heterocycles. The highest BCUT2D eigenvalue weighted by Crippen LogP contribution is 2.29. The molecular weight excluding hydrogens is 184 g/mol. The van der Waals surface area contributed by atoms with Gasteiger partial charge in [-0.05, 0) is 30.6 Å². The standard InChI is InChI=1S/C14H28O/c1-14(2,3)10-9-13(15)11-12-7-5-4-6-8-12/h12-13,15H,4-11H2,1-3H3. The van der Waals surface area contributed by atoms with E-state index in [0.717, 1.165) is 25.2 Å². The zero-order valence-electron chi connectivity index (χ0n) is 10.8. The summed E-state index contributed by atoms with van der Waals surface area (Å²) in [6.45, 7) is 6.75. The van der Waals surface area contributed by atoms with Crippen LogP contribution in [0.2, 0.25) is 0 Å². The summed E-state index contributed by atoms with van der Waals surface area (Å²) in [5.41, 5.74) is 0.369. The first-order chi connectivity index (χ1) is 6.97. The lowest BCUT2D eigenvalue weighted by Gasteiger charge is -2.26. The van der Waals surface area contributed by atoms with E-state index >= 15 is 0 Å².